The molecule has 0 fully saturated rings. The third-order valence-electron chi connectivity index (χ3n) is 3.78. The van der Waals surface area contributed by atoms with E-state index in [4.69, 9.17) is 5.73 Å². The lowest BCUT2D eigenvalue weighted by atomic mass is 10.0. The Labute approximate surface area is 130 Å². The number of hydrogen-bond donors (Lipinski definition) is 1. The second-order valence-corrected chi connectivity index (χ2v) is 6.79. The highest BCUT2D eigenvalue weighted by atomic mass is 32.1. The normalized spacial score (nSPS) is 14.4. The Bertz CT molecular complexity index is 582. The summed E-state index contributed by atoms with van der Waals surface area (Å²) in [6.07, 6.45) is 0.892. The fourth-order valence-corrected chi connectivity index (χ4v) is 3.70. The maximum absolute atomic E-state index is 13.8. The monoisotopic (exact) mass is 306 g/mol. The van der Waals surface area contributed by atoms with E-state index in [1.807, 2.05) is 19.2 Å². The first-order chi connectivity index (χ1) is 10.0. The molecule has 4 heteroatoms. The van der Waals surface area contributed by atoms with Crippen LogP contribution in [0, 0.1) is 12.7 Å². The quantitative estimate of drug-likeness (QED) is 0.870. The maximum atomic E-state index is 13.8. The van der Waals surface area contributed by atoms with Gasteiger partial charge in [-0.1, -0.05) is 25.1 Å². The fraction of sp³-hybridized carbons (Fsp3) is 0.412. The van der Waals surface area contributed by atoms with Gasteiger partial charge < -0.3 is 5.73 Å². The highest BCUT2D eigenvalue weighted by Gasteiger charge is 2.25. The van der Waals surface area contributed by atoms with Crippen molar-refractivity contribution in [2.24, 2.45) is 5.73 Å². The molecule has 0 aliphatic carbocycles. The molecule has 1 aromatic heterocycles. The van der Waals surface area contributed by atoms with Gasteiger partial charge in [0.25, 0.3) is 0 Å². The highest BCUT2D eigenvalue weighted by molar-refractivity contribution is 7.12. The number of nitrogens with zero attached hydrogens (tertiary/aromatic N) is 1. The Morgan fingerprint density at radius 1 is 1.24 bits per heavy atom. The number of aryl methyl sites for hydroxylation is 1. The van der Waals surface area contributed by atoms with E-state index in [0.29, 0.717) is 12.1 Å². The van der Waals surface area contributed by atoms with Crippen LogP contribution in [0.4, 0.5) is 4.39 Å². The van der Waals surface area contributed by atoms with Gasteiger partial charge in [-0.3, -0.25) is 4.90 Å². The van der Waals surface area contributed by atoms with Crippen LogP contribution in [0.1, 0.15) is 34.7 Å². The molecule has 2 unspecified atom stereocenters. The van der Waals surface area contributed by atoms with Gasteiger partial charge >= 0.3 is 0 Å². The van der Waals surface area contributed by atoms with Crippen LogP contribution in [0.2, 0.25) is 0 Å². The van der Waals surface area contributed by atoms with Crippen LogP contribution in [0.15, 0.2) is 36.4 Å². The molecule has 0 bridgehead atoms. The number of benzene rings is 1. The molecule has 2 N–H and O–H groups in total. The summed E-state index contributed by atoms with van der Waals surface area (Å²) in [7, 11) is 2.02. The molecule has 0 radical (unpaired) electrons. The first-order valence-electron chi connectivity index (χ1n) is 7.28. The van der Waals surface area contributed by atoms with Crippen LogP contribution in [-0.2, 0) is 6.54 Å². The van der Waals surface area contributed by atoms with Gasteiger partial charge in [-0.15, -0.1) is 11.3 Å². The zero-order valence-electron chi connectivity index (χ0n) is 12.8. The number of nitrogens with two attached hydrogens (primary N) is 1. The molecule has 0 saturated carbocycles. The molecule has 0 amide bonds. The highest BCUT2D eigenvalue weighted by Crippen LogP contribution is 2.31. The lowest BCUT2D eigenvalue weighted by Gasteiger charge is -2.31. The average molecular weight is 306 g/mol. The molecule has 0 aliphatic heterocycles. The molecule has 1 heterocycles. The largest absolute Gasteiger partial charge is 0.326 e. The molecule has 2 atom stereocenters. The molecule has 21 heavy (non-hydrogen) atoms. The fourth-order valence-electron chi connectivity index (χ4n) is 2.58. The molecule has 2 rings (SSSR count). The Balaban J connectivity index is 2.22. The second kappa shape index (κ2) is 7.16. The van der Waals surface area contributed by atoms with Crippen LogP contribution < -0.4 is 5.73 Å². The van der Waals surface area contributed by atoms with Gasteiger partial charge in [0.05, 0.1) is 6.04 Å². The minimum absolute atomic E-state index is 0.0415. The third kappa shape index (κ3) is 3.90. The van der Waals surface area contributed by atoms with Gasteiger partial charge in [0.15, 0.2) is 0 Å². The van der Waals surface area contributed by atoms with E-state index in [0.717, 1.165) is 6.42 Å². The van der Waals surface area contributed by atoms with Crippen molar-refractivity contribution in [2.45, 2.75) is 38.9 Å². The average Bonchev–Trinajstić information content (AvgIpc) is 2.87. The Morgan fingerprint density at radius 2 is 1.95 bits per heavy atom. The molecular weight excluding hydrogens is 283 g/mol. The summed E-state index contributed by atoms with van der Waals surface area (Å²) < 4.78 is 13.8. The van der Waals surface area contributed by atoms with Crippen molar-refractivity contribution in [3.8, 4) is 0 Å². The second-order valence-electron chi connectivity index (χ2n) is 5.47. The van der Waals surface area contributed by atoms with Gasteiger partial charge in [-0.2, -0.15) is 0 Å². The van der Waals surface area contributed by atoms with Gasteiger partial charge in [-0.05, 0) is 38.6 Å². The van der Waals surface area contributed by atoms with Crippen molar-refractivity contribution < 1.29 is 4.39 Å². The van der Waals surface area contributed by atoms with E-state index in [-0.39, 0.29) is 17.9 Å². The number of halogens is 1. The number of thiophene rings is 1. The zero-order valence-corrected chi connectivity index (χ0v) is 13.7. The van der Waals surface area contributed by atoms with Crippen molar-refractivity contribution in [2.75, 3.05) is 7.05 Å². The van der Waals surface area contributed by atoms with E-state index in [2.05, 4.69) is 30.9 Å². The van der Waals surface area contributed by atoms with E-state index < -0.39 is 0 Å². The first kappa shape index (κ1) is 16.1. The van der Waals surface area contributed by atoms with Gasteiger partial charge in [-0.25, -0.2) is 4.39 Å². The molecule has 2 nitrogen and oxygen atoms in total. The lowest BCUT2D eigenvalue weighted by Crippen LogP contribution is -2.38. The smallest absolute Gasteiger partial charge is 0.127 e. The molecule has 1 aromatic carbocycles. The van der Waals surface area contributed by atoms with Gasteiger partial charge in [0, 0.05) is 27.9 Å². The summed E-state index contributed by atoms with van der Waals surface area (Å²) in [4.78, 5) is 4.68. The standard InChI is InChI=1S/C17H23FN2S/c1-4-15(19)17(16-10-9-12(2)21-16)20(3)11-13-7-5-6-8-14(13)18/h5-10,15,17H,4,11,19H2,1-3H3. The minimum Gasteiger partial charge on any atom is -0.326 e. The summed E-state index contributed by atoms with van der Waals surface area (Å²) in [5.41, 5.74) is 7.03. The molecule has 114 valence electrons. The Kier molecular flexibility index (Phi) is 5.51. The summed E-state index contributed by atoms with van der Waals surface area (Å²) >= 11 is 1.77. The maximum Gasteiger partial charge on any atom is 0.127 e. The summed E-state index contributed by atoms with van der Waals surface area (Å²) in [6.45, 7) is 4.75. The number of likely N-dealkylation sites (N-methyl/N-ethyl adjacent to an activating group) is 1. The van der Waals surface area contributed by atoms with Crippen molar-refractivity contribution >= 4 is 11.3 Å². The van der Waals surface area contributed by atoms with Crippen molar-refractivity contribution in [3.63, 3.8) is 0 Å². The van der Waals surface area contributed by atoms with Gasteiger partial charge in [0.2, 0.25) is 0 Å². The number of rotatable bonds is 6. The lowest BCUT2D eigenvalue weighted by molar-refractivity contribution is 0.202. The van der Waals surface area contributed by atoms with Crippen molar-refractivity contribution in [3.05, 3.63) is 57.5 Å². The van der Waals surface area contributed by atoms with Crippen LogP contribution in [0.3, 0.4) is 0 Å². The first-order valence-corrected chi connectivity index (χ1v) is 8.10. The van der Waals surface area contributed by atoms with Crippen molar-refractivity contribution in [1.29, 1.82) is 0 Å². The molecule has 2 aromatic rings. The minimum atomic E-state index is -0.157. The van der Waals surface area contributed by atoms with Crippen molar-refractivity contribution in [1.82, 2.24) is 4.90 Å². The van der Waals surface area contributed by atoms with E-state index in [1.165, 1.54) is 15.8 Å². The van der Waals surface area contributed by atoms with E-state index >= 15 is 0 Å². The van der Waals surface area contributed by atoms with Crippen LogP contribution in [0.25, 0.3) is 0 Å². The van der Waals surface area contributed by atoms with E-state index in [1.54, 1.807) is 17.4 Å². The van der Waals surface area contributed by atoms with E-state index in [9.17, 15) is 4.39 Å². The summed E-state index contributed by atoms with van der Waals surface area (Å²) in [6, 6.07) is 11.3. The van der Waals surface area contributed by atoms with Crippen LogP contribution in [-0.4, -0.2) is 18.0 Å². The van der Waals surface area contributed by atoms with Crippen LogP contribution >= 0.6 is 11.3 Å². The SMILES string of the molecule is CCC(N)C(c1ccc(C)s1)N(C)Cc1ccccc1F. The zero-order chi connectivity index (χ0) is 15.4. The molecular formula is C17H23FN2S. The molecule has 0 spiro atoms. The predicted octanol–water partition coefficient (Wildman–Crippen LogP) is 4.11. The van der Waals surface area contributed by atoms with Crippen LogP contribution in [0.5, 0.6) is 0 Å². The topological polar surface area (TPSA) is 29.3 Å². The predicted molar refractivity (Wildman–Crippen MR) is 87.9 cm³/mol. The Morgan fingerprint density at radius 3 is 2.52 bits per heavy atom. The summed E-state index contributed by atoms with van der Waals surface area (Å²) in [5, 5.41) is 0. The molecule has 0 saturated heterocycles. The third-order valence-corrected chi connectivity index (χ3v) is 4.85. The summed E-state index contributed by atoms with van der Waals surface area (Å²) in [5.74, 6) is -0.157. The molecule has 0 aliphatic rings. The number of hydrogen-bond acceptors (Lipinski definition) is 3. The Hall–Kier alpha value is -1.23. The van der Waals surface area contributed by atoms with Gasteiger partial charge in [0.1, 0.15) is 5.82 Å².